The number of thioether (sulfide) groups is 1. The van der Waals surface area contributed by atoms with Crippen molar-refractivity contribution < 1.29 is 5.21 Å². The fourth-order valence-corrected chi connectivity index (χ4v) is 3.41. The van der Waals surface area contributed by atoms with Crippen molar-refractivity contribution in [1.82, 2.24) is 4.90 Å². The van der Waals surface area contributed by atoms with Gasteiger partial charge in [0.05, 0.1) is 4.75 Å². The molecule has 1 aliphatic carbocycles. The van der Waals surface area contributed by atoms with Gasteiger partial charge in [0.1, 0.15) is 0 Å². The molecule has 5 heteroatoms. The molecule has 2 aliphatic rings. The van der Waals surface area contributed by atoms with Crippen molar-refractivity contribution in [3.05, 3.63) is 0 Å². The molecule has 2 fully saturated rings. The van der Waals surface area contributed by atoms with Gasteiger partial charge in [0.15, 0.2) is 5.84 Å². The summed E-state index contributed by atoms with van der Waals surface area (Å²) in [6.45, 7) is 3.37. The summed E-state index contributed by atoms with van der Waals surface area (Å²) in [6.07, 6.45) is 8.27. The van der Waals surface area contributed by atoms with Gasteiger partial charge in [-0.15, -0.1) is 0 Å². The minimum atomic E-state index is -0.134. The van der Waals surface area contributed by atoms with Crippen LogP contribution in [0.1, 0.15) is 32.1 Å². The highest BCUT2D eigenvalue weighted by molar-refractivity contribution is 8.00. The third kappa shape index (κ3) is 3.07. The monoisotopic (exact) mass is 257 g/mol. The Bertz CT molecular complexity index is 283. The first-order chi connectivity index (χ1) is 8.20. The lowest BCUT2D eigenvalue weighted by Gasteiger charge is -2.39. The average molecular weight is 257 g/mol. The molecule has 0 unspecified atom stereocenters. The lowest BCUT2D eigenvalue weighted by atomic mass is 9.94. The Morgan fingerprint density at radius 3 is 2.59 bits per heavy atom. The highest BCUT2D eigenvalue weighted by Gasteiger charge is 2.38. The summed E-state index contributed by atoms with van der Waals surface area (Å²) in [5, 5.41) is 12.1. The highest BCUT2D eigenvalue weighted by Crippen LogP contribution is 2.36. The predicted molar refractivity (Wildman–Crippen MR) is 72.7 cm³/mol. The second-order valence-corrected chi connectivity index (χ2v) is 6.45. The van der Waals surface area contributed by atoms with Crippen LogP contribution in [0.25, 0.3) is 0 Å². The fourth-order valence-electron chi connectivity index (χ4n) is 2.57. The van der Waals surface area contributed by atoms with E-state index >= 15 is 0 Å². The first-order valence-corrected chi connectivity index (χ1v) is 7.68. The van der Waals surface area contributed by atoms with Gasteiger partial charge in [0, 0.05) is 0 Å². The van der Waals surface area contributed by atoms with Crippen LogP contribution in [0.15, 0.2) is 5.16 Å². The van der Waals surface area contributed by atoms with Gasteiger partial charge < -0.3 is 15.8 Å². The Morgan fingerprint density at radius 2 is 2.12 bits per heavy atom. The summed E-state index contributed by atoms with van der Waals surface area (Å²) in [4.78, 5) is 2.53. The minimum absolute atomic E-state index is 0.134. The normalized spacial score (nSPS) is 26.1. The molecular weight excluding hydrogens is 234 g/mol. The van der Waals surface area contributed by atoms with Crippen molar-refractivity contribution in [1.29, 1.82) is 0 Å². The van der Waals surface area contributed by atoms with Gasteiger partial charge in [0.25, 0.3) is 0 Å². The molecule has 98 valence electrons. The number of oxime groups is 1. The van der Waals surface area contributed by atoms with Crippen molar-refractivity contribution in [2.45, 2.75) is 36.9 Å². The number of hydrogen-bond acceptors (Lipinski definition) is 4. The van der Waals surface area contributed by atoms with Crippen LogP contribution in [-0.2, 0) is 0 Å². The van der Waals surface area contributed by atoms with Crippen LogP contribution in [0.2, 0.25) is 0 Å². The number of piperidine rings is 1. The SMILES string of the molecule is CSC1(C(N)=NO)CCN(CCC2CC2)CC1. The van der Waals surface area contributed by atoms with Gasteiger partial charge >= 0.3 is 0 Å². The van der Waals surface area contributed by atoms with Crippen molar-refractivity contribution in [3.8, 4) is 0 Å². The van der Waals surface area contributed by atoms with Crippen molar-refractivity contribution >= 4 is 17.6 Å². The van der Waals surface area contributed by atoms with Crippen LogP contribution in [0, 0.1) is 5.92 Å². The molecule has 0 spiro atoms. The second kappa shape index (κ2) is 5.48. The Labute approximate surface area is 108 Å². The van der Waals surface area contributed by atoms with E-state index in [1.54, 1.807) is 11.8 Å². The number of hydrogen-bond donors (Lipinski definition) is 2. The van der Waals surface area contributed by atoms with Gasteiger partial charge in [-0.2, -0.15) is 11.8 Å². The number of nitrogens with zero attached hydrogens (tertiary/aromatic N) is 2. The van der Waals surface area contributed by atoms with Gasteiger partial charge in [-0.3, -0.25) is 0 Å². The zero-order chi connectivity index (χ0) is 12.3. The summed E-state index contributed by atoms with van der Waals surface area (Å²) < 4.78 is -0.134. The highest BCUT2D eigenvalue weighted by atomic mass is 32.2. The average Bonchev–Trinajstić information content (AvgIpc) is 3.20. The maximum absolute atomic E-state index is 8.87. The zero-order valence-corrected chi connectivity index (χ0v) is 11.4. The molecule has 0 aromatic rings. The molecule has 4 nitrogen and oxygen atoms in total. The molecule has 1 aliphatic heterocycles. The Kier molecular flexibility index (Phi) is 4.20. The van der Waals surface area contributed by atoms with E-state index in [9.17, 15) is 0 Å². The van der Waals surface area contributed by atoms with E-state index in [1.165, 1.54) is 25.8 Å². The largest absolute Gasteiger partial charge is 0.409 e. The Hall–Kier alpha value is -0.420. The first kappa shape index (κ1) is 13.0. The predicted octanol–water partition coefficient (Wildman–Crippen LogP) is 1.73. The summed E-state index contributed by atoms with van der Waals surface area (Å²) in [5.74, 6) is 1.40. The van der Waals surface area contributed by atoms with E-state index in [1.807, 2.05) is 0 Å². The van der Waals surface area contributed by atoms with Crippen LogP contribution in [0.5, 0.6) is 0 Å². The minimum Gasteiger partial charge on any atom is -0.409 e. The number of amidine groups is 1. The van der Waals surface area contributed by atoms with E-state index in [0.717, 1.165) is 31.8 Å². The summed E-state index contributed by atoms with van der Waals surface area (Å²) >= 11 is 1.72. The van der Waals surface area contributed by atoms with E-state index in [0.29, 0.717) is 5.84 Å². The third-order valence-corrected chi connectivity index (χ3v) is 5.58. The maximum Gasteiger partial charge on any atom is 0.155 e. The van der Waals surface area contributed by atoms with Crippen molar-refractivity contribution in [2.24, 2.45) is 16.8 Å². The van der Waals surface area contributed by atoms with E-state index < -0.39 is 0 Å². The Morgan fingerprint density at radius 1 is 1.47 bits per heavy atom. The zero-order valence-electron chi connectivity index (χ0n) is 10.6. The van der Waals surface area contributed by atoms with Crippen LogP contribution in [0.4, 0.5) is 0 Å². The van der Waals surface area contributed by atoms with E-state index in [-0.39, 0.29) is 4.75 Å². The maximum atomic E-state index is 8.87. The first-order valence-electron chi connectivity index (χ1n) is 6.46. The van der Waals surface area contributed by atoms with Gasteiger partial charge in [0.2, 0.25) is 0 Å². The second-order valence-electron chi connectivity index (χ2n) is 5.26. The molecule has 0 amide bonds. The molecule has 2 rings (SSSR count). The molecular formula is C12H23N3OS. The van der Waals surface area contributed by atoms with Gasteiger partial charge in [-0.25, -0.2) is 0 Å². The molecule has 0 bridgehead atoms. The number of likely N-dealkylation sites (tertiary alicyclic amines) is 1. The molecule has 0 atom stereocenters. The number of nitrogens with two attached hydrogens (primary N) is 1. The van der Waals surface area contributed by atoms with Crippen molar-refractivity contribution in [3.63, 3.8) is 0 Å². The molecule has 3 N–H and O–H groups in total. The van der Waals surface area contributed by atoms with Crippen LogP contribution in [-0.4, -0.2) is 46.6 Å². The third-order valence-electron chi connectivity index (χ3n) is 4.18. The van der Waals surface area contributed by atoms with Crippen LogP contribution in [0.3, 0.4) is 0 Å². The topological polar surface area (TPSA) is 61.9 Å². The molecule has 17 heavy (non-hydrogen) atoms. The fraction of sp³-hybridized carbons (Fsp3) is 0.917. The van der Waals surface area contributed by atoms with Gasteiger partial charge in [-0.1, -0.05) is 18.0 Å². The Balaban J connectivity index is 1.82. The molecule has 1 saturated heterocycles. The molecule has 1 heterocycles. The molecule has 0 aromatic heterocycles. The molecule has 0 aromatic carbocycles. The smallest absolute Gasteiger partial charge is 0.155 e. The number of rotatable bonds is 5. The lowest BCUT2D eigenvalue weighted by Crippen LogP contribution is -2.50. The van der Waals surface area contributed by atoms with E-state index in [2.05, 4.69) is 16.3 Å². The summed E-state index contributed by atoms with van der Waals surface area (Å²) in [5.41, 5.74) is 5.83. The van der Waals surface area contributed by atoms with Gasteiger partial charge in [-0.05, 0) is 51.1 Å². The van der Waals surface area contributed by atoms with E-state index in [4.69, 9.17) is 10.9 Å². The summed E-state index contributed by atoms with van der Waals surface area (Å²) in [6, 6.07) is 0. The molecule has 1 saturated carbocycles. The van der Waals surface area contributed by atoms with Crippen LogP contribution < -0.4 is 5.73 Å². The van der Waals surface area contributed by atoms with Crippen LogP contribution >= 0.6 is 11.8 Å². The quantitative estimate of drug-likeness (QED) is 0.341. The lowest BCUT2D eigenvalue weighted by molar-refractivity contribution is 0.211. The standard InChI is InChI=1S/C12H23N3OS/c1-17-12(11(13)14-16)5-8-15(9-6-12)7-4-10-2-3-10/h10,16H,2-9H2,1H3,(H2,13,14). The summed E-state index contributed by atoms with van der Waals surface area (Å²) in [7, 11) is 0. The molecule has 0 radical (unpaired) electrons. The van der Waals surface area contributed by atoms with Crippen molar-refractivity contribution in [2.75, 3.05) is 25.9 Å².